The molecule has 2 amide bonds. The van der Waals surface area contributed by atoms with Crippen LogP contribution in [-0.4, -0.2) is 29.6 Å². The highest BCUT2D eigenvalue weighted by molar-refractivity contribution is 5.73. The van der Waals surface area contributed by atoms with Crippen molar-refractivity contribution in [3.05, 3.63) is 24.0 Å². The van der Waals surface area contributed by atoms with Crippen molar-refractivity contribution in [3.63, 3.8) is 0 Å². The molecule has 4 heteroatoms. The van der Waals surface area contributed by atoms with Gasteiger partial charge in [0.2, 0.25) is 0 Å². The number of urea groups is 1. The molecular weight excluding hydrogens is 166 g/mol. The minimum atomic E-state index is -0.0683. The van der Waals surface area contributed by atoms with Crippen LogP contribution in [0.25, 0.3) is 0 Å². The Kier molecular flexibility index (Phi) is 2.95. The molecule has 0 saturated heterocycles. The van der Waals surface area contributed by atoms with E-state index >= 15 is 0 Å². The molecule has 13 heavy (non-hydrogen) atoms. The Labute approximate surface area is 78.1 Å². The molecule has 0 aromatic carbocycles. The molecule has 0 aliphatic carbocycles. The van der Waals surface area contributed by atoms with Gasteiger partial charge in [0.15, 0.2) is 0 Å². The smallest absolute Gasteiger partial charge is 0.317 e. The van der Waals surface area contributed by atoms with Crippen molar-refractivity contribution in [3.8, 4) is 0 Å². The van der Waals surface area contributed by atoms with Gasteiger partial charge in [0.1, 0.15) is 0 Å². The highest BCUT2D eigenvalue weighted by atomic mass is 16.2. The fourth-order valence-corrected chi connectivity index (χ4v) is 1.00. The van der Waals surface area contributed by atoms with Crippen molar-refractivity contribution in [2.24, 2.45) is 7.05 Å². The number of aromatic nitrogens is 1. The number of hydrogen-bond donors (Lipinski definition) is 1. The summed E-state index contributed by atoms with van der Waals surface area (Å²) < 4.78 is 1.98. The number of aryl methyl sites for hydroxylation is 1. The van der Waals surface area contributed by atoms with Crippen molar-refractivity contribution in [1.29, 1.82) is 0 Å². The van der Waals surface area contributed by atoms with Gasteiger partial charge in [-0.25, -0.2) is 4.79 Å². The predicted molar refractivity (Wildman–Crippen MR) is 51.3 cm³/mol. The molecule has 1 N–H and O–H groups in total. The summed E-state index contributed by atoms with van der Waals surface area (Å²) in [6.45, 7) is 0.570. The predicted octanol–water partition coefficient (Wildman–Crippen LogP) is 0.796. The van der Waals surface area contributed by atoms with Gasteiger partial charge in [-0.3, -0.25) is 0 Å². The molecule has 0 spiro atoms. The van der Waals surface area contributed by atoms with Crippen molar-refractivity contribution < 1.29 is 4.79 Å². The number of hydrogen-bond acceptors (Lipinski definition) is 1. The Morgan fingerprint density at radius 2 is 2.31 bits per heavy atom. The average molecular weight is 181 g/mol. The van der Waals surface area contributed by atoms with Crippen molar-refractivity contribution in [1.82, 2.24) is 14.8 Å². The summed E-state index contributed by atoms with van der Waals surface area (Å²) in [6, 6.07) is 3.87. The molecule has 72 valence electrons. The Morgan fingerprint density at radius 3 is 2.77 bits per heavy atom. The number of amides is 2. The van der Waals surface area contributed by atoms with Crippen LogP contribution in [0.15, 0.2) is 18.3 Å². The van der Waals surface area contributed by atoms with Crippen LogP contribution in [0, 0.1) is 0 Å². The Hall–Kier alpha value is -1.45. The lowest BCUT2D eigenvalue weighted by atomic mass is 10.4. The van der Waals surface area contributed by atoms with Crippen LogP contribution in [0.1, 0.15) is 5.69 Å². The van der Waals surface area contributed by atoms with Crippen LogP contribution in [0.2, 0.25) is 0 Å². The molecule has 0 radical (unpaired) electrons. The van der Waals surface area contributed by atoms with Crippen LogP contribution in [0.5, 0.6) is 0 Å². The molecule has 0 fully saturated rings. The summed E-state index contributed by atoms with van der Waals surface area (Å²) in [5.74, 6) is 0. The molecule has 1 aromatic heterocycles. The summed E-state index contributed by atoms with van der Waals surface area (Å²) in [4.78, 5) is 12.7. The van der Waals surface area contributed by atoms with Crippen molar-refractivity contribution >= 4 is 6.03 Å². The third-order valence-electron chi connectivity index (χ3n) is 1.88. The number of nitrogens with one attached hydrogen (secondary N) is 1. The third kappa shape index (κ3) is 2.50. The quantitative estimate of drug-likeness (QED) is 0.719. The summed E-state index contributed by atoms with van der Waals surface area (Å²) in [5.41, 5.74) is 1.09. The minimum absolute atomic E-state index is 0.0683. The standard InChI is InChI=1S/C9H15N3O/c1-11(2)9(13)10-7-8-5-4-6-12(8)3/h4-6H,7H2,1-3H3,(H,10,13). The van der Waals surface area contributed by atoms with E-state index in [-0.39, 0.29) is 6.03 Å². The fourth-order valence-electron chi connectivity index (χ4n) is 1.00. The lowest BCUT2D eigenvalue weighted by molar-refractivity contribution is 0.217. The van der Waals surface area contributed by atoms with Gasteiger partial charge in [-0.05, 0) is 12.1 Å². The number of carbonyl (C=O) groups is 1. The molecule has 1 heterocycles. The fraction of sp³-hybridized carbons (Fsp3) is 0.444. The normalized spacial score (nSPS) is 9.77. The largest absolute Gasteiger partial charge is 0.353 e. The minimum Gasteiger partial charge on any atom is -0.353 e. The zero-order valence-electron chi connectivity index (χ0n) is 8.24. The van der Waals surface area contributed by atoms with E-state index in [9.17, 15) is 4.79 Å². The summed E-state index contributed by atoms with van der Waals surface area (Å²) in [5, 5.41) is 2.79. The molecule has 0 unspecified atom stereocenters. The van der Waals surface area contributed by atoms with Crippen LogP contribution in [0.3, 0.4) is 0 Å². The van der Waals surface area contributed by atoms with E-state index in [0.29, 0.717) is 6.54 Å². The van der Waals surface area contributed by atoms with Gasteiger partial charge in [0, 0.05) is 33.0 Å². The van der Waals surface area contributed by atoms with Gasteiger partial charge < -0.3 is 14.8 Å². The van der Waals surface area contributed by atoms with E-state index in [1.165, 1.54) is 4.90 Å². The van der Waals surface area contributed by atoms with Gasteiger partial charge in [0.05, 0.1) is 6.54 Å². The van der Waals surface area contributed by atoms with E-state index in [1.54, 1.807) is 14.1 Å². The van der Waals surface area contributed by atoms with Gasteiger partial charge >= 0.3 is 6.03 Å². The molecule has 0 saturated carbocycles. The number of carbonyl (C=O) groups excluding carboxylic acids is 1. The average Bonchev–Trinajstić information content (AvgIpc) is 2.47. The van der Waals surface area contributed by atoms with Gasteiger partial charge in [-0.15, -0.1) is 0 Å². The van der Waals surface area contributed by atoms with Gasteiger partial charge in [-0.2, -0.15) is 0 Å². The number of rotatable bonds is 2. The summed E-state index contributed by atoms with van der Waals surface area (Å²) in [6.07, 6.45) is 1.96. The van der Waals surface area contributed by atoms with E-state index in [0.717, 1.165) is 5.69 Å². The molecule has 4 nitrogen and oxygen atoms in total. The van der Waals surface area contributed by atoms with Gasteiger partial charge in [-0.1, -0.05) is 0 Å². The number of nitrogens with zero attached hydrogens (tertiary/aromatic N) is 2. The molecule has 0 aliphatic heterocycles. The summed E-state index contributed by atoms with van der Waals surface area (Å²) in [7, 11) is 5.40. The Morgan fingerprint density at radius 1 is 1.62 bits per heavy atom. The topological polar surface area (TPSA) is 37.3 Å². The van der Waals surface area contributed by atoms with E-state index in [4.69, 9.17) is 0 Å². The molecule has 0 bridgehead atoms. The van der Waals surface area contributed by atoms with Crippen LogP contribution in [-0.2, 0) is 13.6 Å². The Bertz CT molecular complexity index is 291. The first-order chi connectivity index (χ1) is 6.11. The highest BCUT2D eigenvalue weighted by Gasteiger charge is 2.03. The van der Waals surface area contributed by atoms with Crippen LogP contribution < -0.4 is 5.32 Å². The first kappa shape index (κ1) is 9.64. The maximum Gasteiger partial charge on any atom is 0.317 e. The van der Waals surface area contributed by atoms with E-state index in [2.05, 4.69) is 5.32 Å². The lowest BCUT2D eigenvalue weighted by Crippen LogP contribution is -2.34. The van der Waals surface area contributed by atoms with E-state index in [1.807, 2.05) is 29.9 Å². The second-order valence-corrected chi connectivity index (χ2v) is 3.16. The maximum atomic E-state index is 11.2. The maximum absolute atomic E-state index is 11.2. The Balaban J connectivity index is 2.44. The molecule has 0 aliphatic rings. The molecule has 1 aromatic rings. The van der Waals surface area contributed by atoms with Crippen LogP contribution in [0.4, 0.5) is 4.79 Å². The zero-order chi connectivity index (χ0) is 9.84. The monoisotopic (exact) mass is 181 g/mol. The molecule has 0 atom stereocenters. The second-order valence-electron chi connectivity index (χ2n) is 3.16. The van der Waals surface area contributed by atoms with Crippen molar-refractivity contribution in [2.75, 3.05) is 14.1 Å². The lowest BCUT2D eigenvalue weighted by Gasteiger charge is -2.12. The molecule has 1 rings (SSSR count). The third-order valence-corrected chi connectivity index (χ3v) is 1.88. The summed E-state index contributed by atoms with van der Waals surface area (Å²) >= 11 is 0. The highest BCUT2D eigenvalue weighted by Crippen LogP contribution is 1.98. The zero-order valence-corrected chi connectivity index (χ0v) is 8.24. The van der Waals surface area contributed by atoms with Crippen molar-refractivity contribution in [2.45, 2.75) is 6.54 Å². The molecular formula is C9H15N3O. The van der Waals surface area contributed by atoms with E-state index < -0.39 is 0 Å². The van der Waals surface area contributed by atoms with Gasteiger partial charge in [0.25, 0.3) is 0 Å². The van der Waals surface area contributed by atoms with Crippen LogP contribution >= 0.6 is 0 Å². The second kappa shape index (κ2) is 3.98. The SMILES string of the molecule is CN(C)C(=O)NCc1cccn1C. The first-order valence-electron chi connectivity index (χ1n) is 4.16. The first-order valence-corrected chi connectivity index (χ1v) is 4.16.